The number of hydrogen-bond donors (Lipinski definition) is 3. The van der Waals surface area contributed by atoms with Crippen LogP contribution in [0, 0.1) is 5.92 Å². The van der Waals surface area contributed by atoms with Crippen molar-refractivity contribution in [2.24, 2.45) is 5.92 Å². The monoisotopic (exact) mass is 426 g/mol. The van der Waals surface area contributed by atoms with Crippen molar-refractivity contribution in [2.45, 2.75) is 12.8 Å². The molecule has 5 rings (SSSR count). The number of benzene rings is 2. The number of carbonyl (C=O) groups is 1. The van der Waals surface area contributed by atoms with Crippen LogP contribution in [0.5, 0.6) is 5.75 Å². The maximum atomic E-state index is 12.3. The van der Waals surface area contributed by atoms with Gasteiger partial charge in [-0.05, 0) is 61.2 Å². The van der Waals surface area contributed by atoms with E-state index in [4.69, 9.17) is 4.74 Å². The molecular formula is C25H22N4O3. The average Bonchev–Trinajstić information content (AvgIpc) is 3.64. The summed E-state index contributed by atoms with van der Waals surface area (Å²) in [5, 5.41) is 6.99. The Bertz CT molecular complexity index is 1310. The van der Waals surface area contributed by atoms with Crippen LogP contribution >= 0.6 is 0 Å². The van der Waals surface area contributed by atoms with E-state index in [9.17, 15) is 9.59 Å². The van der Waals surface area contributed by atoms with Crippen molar-refractivity contribution in [3.05, 3.63) is 88.8 Å². The molecule has 2 aromatic carbocycles. The Balaban J connectivity index is 1.37. The van der Waals surface area contributed by atoms with E-state index in [0.29, 0.717) is 35.2 Å². The molecule has 1 aliphatic rings. The lowest BCUT2D eigenvalue weighted by atomic mass is 10.2. The number of pyridine rings is 2. The summed E-state index contributed by atoms with van der Waals surface area (Å²) in [6.45, 7) is 0.600. The second-order valence-corrected chi connectivity index (χ2v) is 7.86. The number of carbonyl (C=O) groups excluding carboxylic acids is 1. The minimum Gasteiger partial charge on any atom is -0.492 e. The third-order valence-electron chi connectivity index (χ3n) is 5.33. The largest absolute Gasteiger partial charge is 0.492 e. The van der Waals surface area contributed by atoms with Crippen molar-refractivity contribution >= 4 is 34.0 Å². The summed E-state index contributed by atoms with van der Waals surface area (Å²) in [4.78, 5) is 31.4. The topological polar surface area (TPSA) is 96.1 Å². The lowest BCUT2D eigenvalue weighted by Crippen LogP contribution is -2.11. The molecule has 4 aromatic rings. The number of rotatable bonds is 7. The van der Waals surface area contributed by atoms with Crippen molar-refractivity contribution in [3.63, 3.8) is 0 Å². The van der Waals surface area contributed by atoms with Crippen LogP contribution in [-0.2, 0) is 0 Å². The summed E-state index contributed by atoms with van der Waals surface area (Å²) >= 11 is 0. The van der Waals surface area contributed by atoms with Crippen molar-refractivity contribution in [3.8, 4) is 5.75 Å². The summed E-state index contributed by atoms with van der Waals surface area (Å²) in [5.74, 6) is 0.932. The predicted molar refractivity (Wildman–Crippen MR) is 125 cm³/mol. The van der Waals surface area contributed by atoms with Gasteiger partial charge in [-0.15, -0.1) is 0 Å². The third-order valence-corrected chi connectivity index (χ3v) is 5.33. The standard InChI is InChI=1S/C25H22N4O3/c30-22-14-21(32-15-16-6-7-16)23-20(12-13-26-24(23)29-22)27-18-8-10-19(11-9-18)28-25(31)17-4-2-1-3-5-17/h1-5,8-14,16H,6-7,15H2,(H,28,31)(H2,26,27,29,30). The molecule has 0 aliphatic heterocycles. The van der Waals surface area contributed by atoms with E-state index in [1.807, 2.05) is 48.5 Å². The maximum absolute atomic E-state index is 12.3. The van der Waals surface area contributed by atoms with Crippen molar-refractivity contribution in [1.29, 1.82) is 0 Å². The first-order valence-corrected chi connectivity index (χ1v) is 10.5. The summed E-state index contributed by atoms with van der Waals surface area (Å²) < 4.78 is 5.96. The van der Waals surface area contributed by atoms with Crippen LogP contribution in [0.3, 0.4) is 0 Å². The first-order chi connectivity index (χ1) is 15.7. The van der Waals surface area contributed by atoms with Crippen LogP contribution in [0.25, 0.3) is 11.0 Å². The highest BCUT2D eigenvalue weighted by Gasteiger charge is 2.23. The first kappa shape index (κ1) is 19.8. The molecule has 3 N–H and O–H groups in total. The maximum Gasteiger partial charge on any atom is 0.255 e. The highest BCUT2D eigenvalue weighted by Crippen LogP contribution is 2.34. The van der Waals surface area contributed by atoms with E-state index < -0.39 is 0 Å². The van der Waals surface area contributed by atoms with Crippen LogP contribution in [0.2, 0.25) is 0 Å². The second kappa shape index (κ2) is 8.55. The van der Waals surface area contributed by atoms with Gasteiger partial charge in [0.1, 0.15) is 11.4 Å². The van der Waals surface area contributed by atoms with Crippen molar-refractivity contribution < 1.29 is 9.53 Å². The van der Waals surface area contributed by atoms with Gasteiger partial charge in [-0.25, -0.2) is 4.98 Å². The van der Waals surface area contributed by atoms with Gasteiger partial charge in [0.2, 0.25) is 0 Å². The van der Waals surface area contributed by atoms with Crippen LogP contribution < -0.4 is 20.9 Å². The van der Waals surface area contributed by atoms with Crippen LogP contribution in [0.4, 0.5) is 17.1 Å². The van der Waals surface area contributed by atoms with Crippen molar-refractivity contribution in [2.75, 3.05) is 17.2 Å². The molecule has 7 nitrogen and oxygen atoms in total. The van der Waals surface area contributed by atoms with Gasteiger partial charge < -0.3 is 20.4 Å². The molecule has 0 radical (unpaired) electrons. The molecule has 0 spiro atoms. The minimum absolute atomic E-state index is 0.159. The van der Waals surface area contributed by atoms with Crippen LogP contribution in [0.1, 0.15) is 23.2 Å². The smallest absolute Gasteiger partial charge is 0.255 e. The lowest BCUT2D eigenvalue weighted by Gasteiger charge is -2.14. The third kappa shape index (κ3) is 4.46. The lowest BCUT2D eigenvalue weighted by molar-refractivity contribution is 0.102. The fourth-order valence-electron chi connectivity index (χ4n) is 3.45. The zero-order valence-electron chi connectivity index (χ0n) is 17.3. The average molecular weight is 426 g/mol. The highest BCUT2D eigenvalue weighted by molar-refractivity contribution is 6.04. The van der Waals surface area contributed by atoms with Gasteiger partial charge in [-0.1, -0.05) is 18.2 Å². The van der Waals surface area contributed by atoms with E-state index in [1.54, 1.807) is 18.3 Å². The first-order valence-electron chi connectivity index (χ1n) is 10.5. The van der Waals surface area contributed by atoms with Gasteiger partial charge in [0.15, 0.2) is 0 Å². The molecule has 2 aromatic heterocycles. The summed E-state index contributed by atoms with van der Waals surface area (Å²) in [6, 6.07) is 19.8. The molecule has 1 aliphatic carbocycles. The Hall–Kier alpha value is -4.13. The normalized spacial score (nSPS) is 13.0. The molecule has 160 valence electrons. The molecule has 1 saturated carbocycles. The Labute approximate surface area is 184 Å². The van der Waals surface area contributed by atoms with Crippen molar-refractivity contribution in [1.82, 2.24) is 9.97 Å². The van der Waals surface area contributed by atoms with E-state index >= 15 is 0 Å². The molecule has 0 unspecified atom stereocenters. The number of aromatic amines is 1. The van der Waals surface area contributed by atoms with Gasteiger partial charge in [-0.2, -0.15) is 0 Å². The number of amides is 1. The molecular weight excluding hydrogens is 404 g/mol. The molecule has 7 heteroatoms. The molecule has 0 atom stereocenters. The Morgan fingerprint density at radius 3 is 2.53 bits per heavy atom. The molecule has 32 heavy (non-hydrogen) atoms. The number of ether oxygens (including phenoxy) is 1. The van der Waals surface area contributed by atoms with Crippen LogP contribution in [-0.4, -0.2) is 22.5 Å². The Morgan fingerprint density at radius 1 is 1.03 bits per heavy atom. The van der Waals surface area contributed by atoms with E-state index in [0.717, 1.165) is 29.6 Å². The molecule has 0 bridgehead atoms. The predicted octanol–water partition coefficient (Wildman–Crippen LogP) is 4.71. The molecule has 2 heterocycles. The number of hydrogen-bond acceptors (Lipinski definition) is 5. The molecule has 0 saturated heterocycles. The fraction of sp³-hybridized carbons (Fsp3) is 0.160. The van der Waals surface area contributed by atoms with Gasteiger partial charge in [0.25, 0.3) is 11.5 Å². The van der Waals surface area contributed by atoms with E-state index in [1.165, 1.54) is 6.07 Å². The number of nitrogens with zero attached hydrogens (tertiary/aromatic N) is 1. The molecule has 1 fully saturated rings. The second-order valence-electron chi connectivity index (χ2n) is 7.86. The minimum atomic E-state index is -0.244. The van der Waals surface area contributed by atoms with Gasteiger partial charge >= 0.3 is 0 Å². The molecule has 1 amide bonds. The zero-order chi connectivity index (χ0) is 21.9. The number of nitrogens with one attached hydrogen (secondary N) is 3. The quantitative estimate of drug-likeness (QED) is 0.398. The number of fused-ring (bicyclic) bond motifs is 1. The fourth-order valence-corrected chi connectivity index (χ4v) is 3.45. The zero-order valence-corrected chi connectivity index (χ0v) is 17.3. The SMILES string of the molecule is O=C(Nc1ccc(Nc2ccnc3[nH]c(=O)cc(OCC4CC4)c23)cc1)c1ccccc1. The van der Waals surface area contributed by atoms with Crippen LogP contribution in [0.15, 0.2) is 77.7 Å². The number of H-pyrrole nitrogens is 1. The van der Waals surface area contributed by atoms with Gasteiger partial charge in [-0.3, -0.25) is 9.59 Å². The Morgan fingerprint density at radius 2 is 1.78 bits per heavy atom. The van der Waals surface area contributed by atoms with E-state index in [2.05, 4.69) is 20.6 Å². The van der Waals surface area contributed by atoms with Gasteiger partial charge in [0.05, 0.1) is 17.7 Å². The number of anilines is 3. The summed E-state index contributed by atoms with van der Waals surface area (Å²) in [7, 11) is 0. The summed E-state index contributed by atoms with van der Waals surface area (Å²) in [5.41, 5.74) is 3.13. The summed E-state index contributed by atoms with van der Waals surface area (Å²) in [6.07, 6.45) is 3.97. The van der Waals surface area contributed by atoms with Gasteiger partial charge in [0, 0.05) is 29.2 Å². The Kier molecular flexibility index (Phi) is 5.29. The van der Waals surface area contributed by atoms with E-state index in [-0.39, 0.29) is 11.5 Å². The number of aromatic nitrogens is 2. The highest BCUT2D eigenvalue weighted by atomic mass is 16.5.